The molecular weight excluding hydrogens is 376 g/mol. The fourth-order valence-corrected chi connectivity index (χ4v) is 3.85. The van der Waals surface area contributed by atoms with E-state index in [-0.39, 0.29) is 12.3 Å². The molecule has 4 rings (SSSR count). The fraction of sp³-hybridized carbons (Fsp3) is 0.550. The molecule has 1 aromatic heterocycles. The Morgan fingerprint density at radius 2 is 1.93 bits per heavy atom. The highest BCUT2D eigenvalue weighted by molar-refractivity contribution is 6.00. The van der Waals surface area contributed by atoms with Crippen LogP contribution in [0.3, 0.4) is 0 Å². The Labute approximate surface area is 168 Å². The Morgan fingerprint density at radius 3 is 2.66 bits per heavy atom. The van der Waals surface area contributed by atoms with Gasteiger partial charge in [-0.15, -0.1) is 0 Å². The topological polar surface area (TPSA) is 120 Å². The van der Waals surface area contributed by atoms with Gasteiger partial charge in [-0.25, -0.2) is 4.79 Å². The van der Waals surface area contributed by atoms with Gasteiger partial charge in [0.1, 0.15) is 6.04 Å². The van der Waals surface area contributed by atoms with E-state index in [1.54, 1.807) is 6.07 Å². The smallest absolute Gasteiger partial charge is 0.407 e. The number of hydrogen-bond donors (Lipinski definition) is 2. The number of benzene rings is 1. The maximum Gasteiger partial charge on any atom is 0.420 e. The van der Waals surface area contributed by atoms with Gasteiger partial charge in [0.05, 0.1) is 18.7 Å². The summed E-state index contributed by atoms with van der Waals surface area (Å²) in [6.45, 7) is 4.42. The quantitative estimate of drug-likeness (QED) is 0.693. The van der Waals surface area contributed by atoms with Crippen molar-refractivity contribution in [1.82, 2.24) is 14.8 Å². The van der Waals surface area contributed by atoms with E-state index >= 15 is 0 Å². The van der Waals surface area contributed by atoms with Gasteiger partial charge in [-0.2, -0.15) is 0 Å². The first-order valence-corrected chi connectivity index (χ1v) is 9.98. The number of piperidine rings is 1. The number of hydrogen-bond acceptors (Lipinski definition) is 7. The molecule has 0 radical (unpaired) electrons. The molecule has 158 valence electrons. The number of aryl methyl sites for hydroxylation is 1. The second-order valence-corrected chi connectivity index (χ2v) is 7.03. The number of rotatable bonds is 5. The number of morpholine rings is 1. The minimum Gasteiger partial charge on any atom is -0.407 e. The summed E-state index contributed by atoms with van der Waals surface area (Å²) in [4.78, 5) is 38.4. The molecule has 1 atom stereocenters. The van der Waals surface area contributed by atoms with E-state index in [0.29, 0.717) is 17.5 Å². The molecule has 2 amide bonds. The first-order valence-electron chi connectivity index (χ1n) is 9.98. The molecule has 9 nitrogen and oxygen atoms in total. The molecule has 2 aromatic rings. The summed E-state index contributed by atoms with van der Waals surface area (Å²) in [5.41, 5.74) is 6.61. The van der Waals surface area contributed by atoms with Gasteiger partial charge in [-0.05, 0) is 44.5 Å². The zero-order valence-electron chi connectivity index (χ0n) is 16.7. The lowest BCUT2D eigenvalue weighted by Crippen LogP contribution is -2.43. The number of carbonyl (C=O) groups excluding carboxylic acids is 2. The van der Waals surface area contributed by atoms with Crippen molar-refractivity contribution in [3.8, 4) is 0 Å². The number of aromatic nitrogens is 1. The van der Waals surface area contributed by atoms with E-state index in [1.807, 2.05) is 12.1 Å². The van der Waals surface area contributed by atoms with Crippen LogP contribution < -0.4 is 16.8 Å². The number of fused-ring (bicyclic) bond motifs is 1. The summed E-state index contributed by atoms with van der Waals surface area (Å²) in [6.07, 6.45) is 2.26. The van der Waals surface area contributed by atoms with Gasteiger partial charge < -0.3 is 14.9 Å². The Bertz CT molecular complexity index is 913. The summed E-state index contributed by atoms with van der Waals surface area (Å²) in [5.74, 6) is -1.31. The first kappa shape index (κ1) is 21.2. The highest BCUT2D eigenvalue weighted by Crippen LogP contribution is 2.25. The number of oxazole rings is 1. The SMILES string of the molecule is CN.O=C1CCC(n2c(=O)oc3c(CCCN4CCOCC4)cccc32)C(=O)N1. The van der Waals surface area contributed by atoms with Gasteiger partial charge >= 0.3 is 5.76 Å². The van der Waals surface area contributed by atoms with Crippen LogP contribution in [0.2, 0.25) is 0 Å². The number of nitrogens with zero attached hydrogens (tertiary/aromatic N) is 2. The molecule has 3 heterocycles. The van der Waals surface area contributed by atoms with Crippen molar-refractivity contribution in [2.75, 3.05) is 39.9 Å². The van der Waals surface area contributed by atoms with Crippen molar-refractivity contribution in [1.29, 1.82) is 0 Å². The summed E-state index contributed by atoms with van der Waals surface area (Å²) in [7, 11) is 1.50. The van der Waals surface area contributed by atoms with E-state index in [9.17, 15) is 14.4 Å². The Hall–Kier alpha value is -2.49. The number of imide groups is 1. The van der Waals surface area contributed by atoms with Gasteiger partial charge in [0.15, 0.2) is 5.58 Å². The maximum atomic E-state index is 12.4. The standard InChI is InChI=1S/C19H23N3O5.CH5N/c23-16-7-6-15(18(24)20-16)22-14-5-1-3-13(17(14)27-19(22)25)4-2-8-21-9-11-26-12-10-21;1-2/h1,3,5,15H,2,4,6-12H2,(H,20,23,24);2H2,1H3. The molecule has 2 fully saturated rings. The monoisotopic (exact) mass is 404 g/mol. The van der Waals surface area contributed by atoms with Gasteiger partial charge in [-0.1, -0.05) is 12.1 Å². The van der Waals surface area contributed by atoms with Crippen molar-refractivity contribution in [3.63, 3.8) is 0 Å². The number of carbonyl (C=O) groups is 2. The number of ether oxygens (including phenoxy) is 1. The minimum absolute atomic E-state index is 0.217. The lowest BCUT2D eigenvalue weighted by atomic mass is 10.0. The molecular formula is C20H28N4O5. The van der Waals surface area contributed by atoms with Crippen molar-refractivity contribution in [2.45, 2.75) is 31.7 Å². The van der Waals surface area contributed by atoms with Crippen LogP contribution >= 0.6 is 0 Å². The second-order valence-electron chi connectivity index (χ2n) is 7.03. The Balaban J connectivity index is 0.00000117. The van der Waals surface area contributed by atoms with Crippen LogP contribution in [0, 0.1) is 0 Å². The second kappa shape index (κ2) is 9.82. The van der Waals surface area contributed by atoms with Gasteiger partial charge in [0.2, 0.25) is 11.8 Å². The first-order chi connectivity index (χ1) is 14.1. The van der Waals surface area contributed by atoms with Crippen molar-refractivity contribution in [3.05, 3.63) is 34.3 Å². The number of nitrogens with two attached hydrogens (primary N) is 1. The molecule has 0 spiro atoms. The lowest BCUT2D eigenvalue weighted by molar-refractivity contribution is -0.135. The third kappa shape index (κ3) is 4.75. The predicted octanol–water partition coefficient (Wildman–Crippen LogP) is 0.412. The van der Waals surface area contributed by atoms with Gasteiger partial charge in [0, 0.05) is 19.5 Å². The van der Waals surface area contributed by atoms with E-state index in [4.69, 9.17) is 9.15 Å². The summed E-state index contributed by atoms with van der Waals surface area (Å²) in [6, 6.07) is 4.92. The van der Waals surface area contributed by atoms with E-state index in [2.05, 4.69) is 16.0 Å². The molecule has 3 N–H and O–H groups in total. The van der Waals surface area contributed by atoms with Crippen molar-refractivity contribution >= 4 is 22.9 Å². The molecule has 0 saturated carbocycles. The van der Waals surface area contributed by atoms with Gasteiger partial charge in [-0.3, -0.25) is 24.4 Å². The van der Waals surface area contributed by atoms with E-state index in [0.717, 1.165) is 51.3 Å². The molecule has 2 aliphatic heterocycles. The van der Waals surface area contributed by atoms with Crippen LogP contribution in [0.15, 0.2) is 27.4 Å². The van der Waals surface area contributed by atoms with Crippen molar-refractivity contribution in [2.24, 2.45) is 5.73 Å². The molecule has 1 aromatic carbocycles. The summed E-state index contributed by atoms with van der Waals surface area (Å²) < 4.78 is 12.3. The molecule has 9 heteroatoms. The van der Waals surface area contributed by atoms with E-state index < -0.39 is 17.7 Å². The van der Waals surface area contributed by atoms with Crippen LogP contribution in [0.25, 0.3) is 11.1 Å². The molecule has 0 aliphatic carbocycles. The van der Waals surface area contributed by atoms with Crippen LogP contribution in [-0.2, 0) is 20.7 Å². The minimum atomic E-state index is -0.708. The van der Waals surface area contributed by atoms with Gasteiger partial charge in [0.25, 0.3) is 0 Å². The average molecular weight is 404 g/mol. The molecule has 2 saturated heterocycles. The Morgan fingerprint density at radius 1 is 1.17 bits per heavy atom. The normalized spacial score (nSPS) is 20.3. The third-order valence-electron chi connectivity index (χ3n) is 5.27. The van der Waals surface area contributed by atoms with E-state index in [1.165, 1.54) is 11.6 Å². The fourth-order valence-electron chi connectivity index (χ4n) is 3.85. The van der Waals surface area contributed by atoms with Crippen LogP contribution in [0.1, 0.15) is 30.9 Å². The number of nitrogens with one attached hydrogen (secondary N) is 1. The lowest BCUT2D eigenvalue weighted by Gasteiger charge is -2.26. The summed E-state index contributed by atoms with van der Waals surface area (Å²) in [5, 5.41) is 2.30. The highest BCUT2D eigenvalue weighted by atomic mass is 16.5. The zero-order valence-corrected chi connectivity index (χ0v) is 16.7. The molecule has 2 aliphatic rings. The third-order valence-corrected chi connectivity index (χ3v) is 5.27. The summed E-state index contributed by atoms with van der Waals surface area (Å²) >= 11 is 0. The predicted molar refractivity (Wildman–Crippen MR) is 108 cm³/mol. The van der Waals surface area contributed by atoms with Crippen molar-refractivity contribution < 1.29 is 18.7 Å². The number of amides is 2. The van der Waals surface area contributed by atoms with Crippen LogP contribution in [-0.4, -0.2) is 61.2 Å². The molecule has 29 heavy (non-hydrogen) atoms. The average Bonchev–Trinajstić information content (AvgIpc) is 3.07. The number of para-hydroxylation sites is 1. The Kier molecular flexibility index (Phi) is 7.18. The largest absolute Gasteiger partial charge is 0.420 e. The van der Waals surface area contributed by atoms with Crippen LogP contribution in [0.4, 0.5) is 0 Å². The highest BCUT2D eigenvalue weighted by Gasteiger charge is 2.31. The zero-order chi connectivity index (χ0) is 20.8. The van der Waals surface area contributed by atoms with Crippen LogP contribution in [0.5, 0.6) is 0 Å². The molecule has 0 bridgehead atoms. The molecule has 1 unspecified atom stereocenters. The maximum absolute atomic E-state index is 12.4.